The SMILES string of the molecule is CS(=O)(=O)c1cccc(CC2(O)CC2)c1F. The first-order valence-corrected chi connectivity index (χ1v) is 6.91. The van der Waals surface area contributed by atoms with E-state index >= 15 is 0 Å². The van der Waals surface area contributed by atoms with E-state index in [1.54, 1.807) is 0 Å². The van der Waals surface area contributed by atoms with Crippen LogP contribution in [0.5, 0.6) is 0 Å². The molecule has 0 atom stereocenters. The third kappa shape index (κ3) is 2.25. The quantitative estimate of drug-likeness (QED) is 0.872. The maximum atomic E-state index is 13.8. The summed E-state index contributed by atoms with van der Waals surface area (Å²) < 4.78 is 36.4. The highest BCUT2D eigenvalue weighted by molar-refractivity contribution is 7.90. The van der Waals surface area contributed by atoms with E-state index in [1.165, 1.54) is 18.2 Å². The molecule has 0 bridgehead atoms. The molecule has 1 saturated carbocycles. The van der Waals surface area contributed by atoms with E-state index in [-0.39, 0.29) is 16.9 Å². The van der Waals surface area contributed by atoms with Gasteiger partial charge in [0.25, 0.3) is 0 Å². The molecule has 0 aromatic heterocycles. The van der Waals surface area contributed by atoms with Gasteiger partial charge in [0.2, 0.25) is 0 Å². The molecule has 16 heavy (non-hydrogen) atoms. The fraction of sp³-hybridized carbons (Fsp3) is 0.455. The van der Waals surface area contributed by atoms with Gasteiger partial charge in [-0.2, -0.15) is 0 Å². The van der Waals surface area contributed by atoms with E-state index in [0.29, 0.717) is 12.8 Å². The molecule has 0 amide bonds. The molecule has 88 valence electrons. The van der Waals surface area contributed by atoms with Gasteiger partial charge in [0.15, 0.2) is 9.84 Å². The highest BCUT2D eigenvalue weighted by Crippen LogP contribution is 2.39. The predicted molar refractivity (Wildman–Crippen MR) is 57.4 cm³/mol. The Balaban J connectivity index is 2.41. The molecule has 0 unspecified atom stereocenters. The summed E-state index contributed by atoms with van der Waals surface area (Å²) in [6.07, 6.45) is 2.45. The Kier molecular flexibility index (Phi) is 2.55. The van der Waals surface area contributed by atoms with Gasteiger partial charge >= 0.3 is 0 Å². The number of hydrogen-bond acceptors (Lipinski definition) is 3. The minimum absolute atomic E-state index is 0.183. The van der Waals surface area contributed by atoms with E-state index in [9.17, 15) is 17.9 Å². The molecule has 0 aliphatic heterocycles. The number of sulfone groups is 1. The first kappa shape index (κ1) is 11.5. The first-order valence-electron chi connectivity index (χ1n) is 5.02. The number of rotatable bonds is 3. The topological polar surface area (TPSA) is 54.4 Å². The van der Waals surface area contributed by atoms with Gasteiger partial charge in [-0.15, -0.1) is 0 Å². The summed E-state index contributed by atoms with van der Waals surface area (Å²) in [7, 11) is -3.55. The third-order valence-electron chi connectivity index (χ3n) is 2.79. The second-order valence-corrected chi connectivity index (χ2v) is 6.39. The monoisotopic (exact) mass is 244 g/mol. The van der Waals surface area contributed by atoms with Crippen molar-refractivity contribution in [1.29, 1.82) is 0 Å². The highest BCUT2D eigenvalue weighted by Gasteiger charge is 2.41. The predicted octanol–water partition coefficient (Wildman–Crippen LogP) is 1.30. The molecule has 0 saturated heterocycles. The second kappa shape index (κ2) is 3.53. The Morgan fingerprint density at radius 2 is 2.06 bits per heavy atom. The molecule has 0 heterocycles. The zero-order chi connectivity index (χ0) is 12.0. The van der Waals surface area contributed by atoms with Crippen LogP contribution in [0.15, 0.2) is 23.1 Å². The van der Waals surface area contributed by atoms with Crippen molar-refractivity contribution in [3.8, 4) is 0 Å². The number of aliphatic hydroxyl groups is 1. The average Bonchev–Trinajstić information content (AvgIpc) is 2.86. The van der Waals surface area contributed by atoms with Crippen LogP contribution in [-0.2, 0) is 16.3 Å². The van der Waals surface area contributed by atoms with Gasteiger partial charge in [0.05, 0.1) is 5.60 Å². The van der Waals surface area contributed by atoms with Crippen molar-refractivity contribution in [2.24, 2.45) is 0 Å². The largest absolute Gasteiger partial charge is 0.390 e. The Morgan fingerprint density at radius 3 is 2.56 bits per heavy atom. The molecule has 1 N–H and O–H groups in total. The third-order valence-corrected chi connectivity index (χ3v) is 3.90. The molecule has 0 spiro atoms. The van der Waals surface area contributed by atoms with Gasteiger partial charge in [0, 0.05) is 12.7 Å². The molecule has 1 aromatic rings. The van der Waals surface area contributed by atoms with Gasteiger partial charge in [-0.3, -0.25) is 0 Å². The summed E-state index contributed by atoms with van der Waals surface area (Å²) in [6.45, 7) is 0. The van der Waals surface area contributed by atoms with Crippen LogP contribution in [0.3, 0.4) is 0 Å². The Morgan fingerprint density at radius 1 is 1.44 bits per heavy atom. The lowest BCUT2D eigenvalue weighted by atomic mass is 10.1. The van der Waals surface area contributed by atoms with Crippen LogP contribution in [0.2, 0.25) is 0 Å². The van der Waals surface area contributed by atoms with Crippen LogP contribution in [0.1, 0.15) is 18.4 Å². The van der Waals surface area contributed by atoms with Crippen LogP contribution >= 0.6 is 0 Å². The summed E-state index contributed by atoms with van der Waals surface area (Å²) in [5, 5.41) is 9.68. The molecule has 1 fully saturated rings. The molecular formula is C11H13FO3S. The number of benzene rings is 1. The van der Waals surface area contributed by atoms with Gasteiger partial charge in [0.1, 0.15) is 10.7 Å². The van der Waals surface area contributed by atoms with E-state index in [2.05, 4.69) is 0 Å². The molecule has 2 rings (SSSR count). The number of halogens is 1. The lowest BCUT2D eigenvalue weighted by Gasteiger charge is -2.10. The Labute approximate surface area is 93.8 Å². The second-order valence-electron chi connectivity index (χ2n) is 4.40. The zero-order valence-corrected chi connectivity index (χ0v) is 9.72. The summed E-state index contributed by atoms with van der Waals surface area (Å²) in [6, 6.07) is 4.26. The molecule has 1 aliphatic rings. The highest BCUT2D eigenvalue weighted by atomic mass is 32.2. The van der Waals surface area contributed by atoms with E-state index in [1.807, 2.05) is 0 Å². The zero-order valence-electron chi connectivity index (χ0n) is 8.90. The molecule has 3 nitrogen and oxygen atoms in total. The van der Waals surface area contributed by atoms with Crippen molar-refractivity contribution in [3.63, 3.8) is 0 Å². The van der Waals surface area contributed by atoms with Gasteiger partial charge < -0.3 is 5.11 Å². The average molecular weight is 244 g/mol. The minimum atomic E-state index is -3.55. The van der Waals surface area contributed by atoms with E-state index < -0.39 is 21.3 Å². The summed E-state index contributed by atoms with van der Waals surface area (Å²) in [4.78, 5) is -0.297. The Bertz CT molecular complexity index is 518. The van der Waals surface area contributed by atoms with E-state index in [0.717, 1.165) is 6.26 Å². The maximum Gasteiger partial charge on any atom is 0.178 e. The normalized spacial score (nSPS) is 18.4. The maximum absolute atomic E-state index is 13.8. The molecule has 5 heteroatoms. The van der Waals surface area contributed by atoms with Crippen molar-refractivity contribution >= 4 is 9.84 Å². The number of hydrogen-bond donors (Lipinski definition) is 1. The van der Waals surface area contributed by atoms with Gasteiger partial charge in [-0.05, 0) is 24.5 Å². The smallest absolute Gasteiger partial charge is 0.178 e. The standard InChI is InChI=1S/C11H13FO3S/c1-16(14,15)9-4-2-3-8(10(9)12)7-11(13)5-6-11/h2-4,13H,5-7H2,1H3. The first-order chi connectivity index (χ1) is 7.32. The van der Waals surface area contributed by atoms with E-state index in [4.69, 9.17) is 0 Å². The van der Waals surface area contributed by atoms with Crippen molar-refractivity contribution in [2.45, 2.75) is 29.8 Å². The Hall–Kier alpha value is -0.940. The van der Waals surface area contributed by atoms with Gasteiger partial charge in [-0.1, -0.05) is 12.1 Å². The van der Waals surface area contributed by atoms with Crippen molar-refractivity contribution in [2.75, 3.05) is 6.26 Å². The van der Waals surface area contributed by atoms with Crippen LogP contribution in [0.4, 0.5) is 4.39 Å². The minimum Gasteiger partial charge on any atom is -0.390 e. The lowest BCUT2D eigenvalue weighted by Crippen LogP contribution is -2.13. The molecule has 0 radical (unpaired) electrons. The molecule has 1 aromatic carbocycles. The molecule has 1 aliphatic carbocycles. The van der Waals surface area contributed by atoms with Crippen LogP contribution in [0.25, 0.3) is 0 Å². The van der Waals surface area contributed by atoms with Crippen LogP contribution < -0.4 is 0 Å². The molecular weight excluding hydrogens is 231 g/mol. The van der Waals surface area contributed by atoms with Crippen LogP contribution in [-0.4, -0.2) is 25.4 Å². The fourth-order valence-corrected chi connectivity index (χ4v) is 2.44. The summed E-state index contributed by atoms with van der Waals surface area (Å²) in [5.41, 5.74) is -0.556. The van der Waals surface area contributed by atoms with Crippen molar-refractivity contribution in [1.82, 2.24) is 0 Å². The summed E-state index contributed by atoms with van der Waals surface area (Å²) in [5.74, 6) is -0.731. The van der Waals surface area contributed by atoms with Crippen LogP contribution in [0, 0.1) is 5.82 Å². The van der Waals surface area contributed by atoms with Crippen molar-refractivity contribution in [3.05, 3.63) is 29.6 Å². The van der Waals surface area contributed by atoms with Gasteiger partial charge in [-0.25, -0.2) is 12.8 Å². The fourth-order valence-electron chi connectivity index (χ4n) is 1.65. The lowest BCUT2D eigenvalue weighted by molar-refractivity contribution is 0.149. The summed E-state index contributed by atoms with van der Waals surface area (Å²) >= 11 is 0. The van der Waals surface area contributed by atoms with Crippen molar-refractivity contribution < 1.29 is 17.9 Å².